The van der Waals surface area contributed by atoms with Crippen molar-refractivity contribution in [1.29, 1.82) is 0 Å². The average Bonchev–Trinajstić information content (AvgIpc) is 2.61. The molecule has 0 radical (unpaired) electrons. The van der Waals surface area contributed by atoms with E-state index in [2.05, 4.69) is 18.0 Å². The predicted molar refractivity (Wildman–Crippen MR) is 60.6 cm³/mol. The van der Waals surface area contributed by atoms with Gasteiger partial charge in [-0.15, -0.1) is 0 Å². The molecule has 3 heteroatoms. The largest absolute Gasteiger partial charge is 0.369 e. The van der Waals surface area contributed by atoms with Gasteiger partial charge in [-0.1, -0.05) is 25.1 Å². The molecule has 15 heavy (non-hydrogen) atoms. The van der Waals surface area contributed by atoms with Crippen molar-refractivity contribution >= 4 is 16.8 Å². The number of aromatic nitrogens is 1. The molecule has 2 aromatic rings. The summed E-state index contributed by atoms with van der Waals surface area (Å²) >= 11 is 0. The molecular formula is C12H14N2O. The molecule has 0 bridgehead atoms. The number of amides is 1. The second-order valence-corrected chi connectivity index (χ2v) is 3.65. The molecule has 1 aromatic carbocycles. The van der Waals surface area contributed by atoms with Crippen LogP contribution < -0.4 is 5.73 Å². The van der Waals surface area contributed by atoms with Crippen LogP contribution in [0.15, 0.2) is 24.4 Å². The molecule has 2 rings (SSSR count). The fraction of sp³-hybridized carbons (Fsp3) is 0.250. The van der Waals surface area contributed by atoms with Gasteiger partial charge in [0.15, 0.2) is 0 Å². The highest BCUT2D eigenvalue weighted by molar-refractivity contribution is 5.90. The standard InChI is InChI=1S/C12H14N2O/c1-2-8-4-3-5-10-9(6-11(13)15)7-14-12(8)10/h3-5,7,14H,2,6H2,1H3,(H2,13,15). The zero-order valence-corrected chi connectivity index (χ0v) is 8.71. The highest BCUT2D eigenvalue weighted by Crippen LogP contribution is 2.22. The highest BCUT2D eigenvalue weighted by Gasteiger charge is 2.07. The lowest BCUT2D eigenvalue weighted by Crippen LogP contribution is -2.13. The van der Waals surface area contributed by atoms with E-state index in [0.717, 1.165) is 22.9 Å². The van der Waals surface area contributed by atoms with E-state index in [-0.39, 0.29) is 5.91 Å². The maximum atomic E-state index is 10.9. The number of para-hydroxylation sites is 1. The van der Waals surface area contributed by atoms with Crippen LogP contribution in [0.2, 0.25) is 0 Å². The van der Waals surface area contributed by atoms with Gasteiger partial charge in [-0.3, -0.25) is 4.79 Å². The Kier molecular flexibility index (Phi) is 2.46. The van der Waals surface area contributed by atoms with Crippen LogP contribution in [-0.4, -0.2) is 10.9 Å². The van der Waals surface area contributed by atoms with Gasteiger partial charge >= 0.3 is 0 Å². The number of primary amides is 1. The topological polar surface area (TPSA) is 58.9 Å². The van der Waals surface area contributed by atoms with Gasteiger partial charge in [0.2, 0.25) is 5.91 Å². The SMILES string of the molecule is CCc1cccc2c(CC(N)=O)c[nH]c12. The van der Waals surface area contributed by atoms with Crippen molar-refractivity contribution < 1.29 is 4.79 Å². The molecule has 0 atom stereocenters. The summed E-state index contributed by atoms with van der Waals surface area (Å²) in [6.45, 7) is 2.11. The van der Waals surface area contributed by atoms with Crippen LogP contribution in [0.25, 0.3) is 10.9 Å². The van der Waals surface area contributed by atoms with Crippen LogP contribution in [0.3, 0.4) is 0 Å². The van der Waals surface area contributed by atoms with E-state index in [1.165, 1.54) is 5.56 Å². The van der Waals surface area contributed by atoms with Crippen molar-refractivity contribution in [2.45, 2.75) is 19.8 Å². The number of nitrogens with two attached hydrogens (primary N) is 1. The molecule has 1 aromatic heterocycles. The molecule has 0 aliphatic heterocycles. The summed E-state index contributed by atoms with van der Waals surface area (Å²) in [4.78, 5) is 14.1. The number of carbonyl (C=O) groups excluding carboxylic acids is 1. The minimum atomic E-state index is -0.294. The van der Waals surface area contributed by atoms with Crippen LogP contribution in [-0.2, 0) is 17.6 Å². The van der Waals surface area contributed by atoms with E-state index in [9.17, 15) is 4.79 Å². The molecule has 0 fully saturated rings. The fourth-order valence-corrected chi connectivity index (χ4v) is 1.90. The predicted octanol–water partition coefficient (Wildman–Crippen LogP) is 1.76. The molecule has 0 aliphatic rings. The van der Waals surface area contributed by atoms with Crippen molar-refractivity contribution in [3.05, 3.63) is 35.5 Å². The molecule has 1 heterocycles. The first-order valence-corrected chi connectivity index (χ1v) is 5.08. The van der Waals surface area contributed by atoms with Gasteiger partial charge in [0.25, 0.3) is 0 Å². The number of carbonyl (C=O) groups is 1. The van der Waals surface area contributed by atoms with E-state index >= 15 is 0 Å². The minimum absolute atomic E-state index is 0.294. The van der Waals surface area contributed by atoms with Crippen molar-refractivity contribution in [3.63, 3.8) is 0 Å². The Labute approximate surface area is 88.3 Å². The highest BCUT2D eigenvalue weighted by atomic mass is 16.1. The smallest absolute Gasteiger partial charge is 0.221 e. The third-order valence-corrected chi connectivity index (χ3v) is 2.63. The number of aromatic amines is 1. The number of nitrogens with one attached hydrogen (secondary N) is 1. The second kappa shape index (κ2) is 3.77. The Hall–Kier alpha value is -1.77. The van der Waals surface area contributed by atoms with Crippen molar-refractivity contribution in [1.82, 2.24) is 4.98 Å². The summed E-state index contributed by atoms with van der Waals surface area (Å²) in [6, 6.07) is 6.12. The summed E-state index contributed by atoms with van der Waals surface area (Å²) in [7, 11) is 0. The van der Waals surface area contributed by atoms with Crippen LogP contribution in [0, 0.1) is 0 Å². The normalized spacial score (nSPS) is 10.7. The third kappa shape index (κ3) is 1.73. The molecule has 0 saturated heterocycles. The van der Waals surface area contributed by atoms with Gasteiger partial charge in [0.05, 0.1) is 6.42 Å². The lowest BCUT2D eigenvalue weighted by molar-refractivity contribution is -0.117. The molecule has 0 saturated carbocycles. The van der Waals surface area contributed by atoms with Crippen LogP contribution in [0.4, 0.5) is 0 Å². The first-order valence-electron chi connectivity index (χ1n) is 5.08. The maximum Gasteiger partial charge on any atom is 0.221 e. The molecule has 3 N–H and O–H groups in total. The summed E-state index contributed by atoms with van der Waals surface area (Å²) in [6.07, 6.45) is 3.15. The first kappa shape index (κ1) is 9.77. The average molecular weight is 202 g/mol. The third-order valence-electron chi connectivity index (χ3n) is 2.63. The van der Waals surface area contributed by atoms with Crippen LogP contribution in [0.1, 0.15) is 18.1 Å². The number of hydrogen-bond acceptors (Lipinski definition) is 1. The minimum Gasteiger partial charge on any atom is -0.369 e. The van der Waals surface area contributed by atoms with E-state index < -0.39 is 0 Å². The zero-order chi connectivity index (χ0) is 10.8. The van der Waals surface area contributed by atoms with Gasteiger partial charge in [0.1, 0.15) is 0 Å². The maximum absolute atomic E-state index is 10.9. The van der Waals surface area contributed by atoms with Gasteiger partial charge < -0.3 is 10.7 Å². The Morgan fingerprint density at radius 3 is 2.87 bits per heavy atom. The summed E-state index contributed by atoms with van der Waals surface area (Å²) < 4.78 is 0. The Morgan fingerprint density at radius 2 is 2.20 bits per heavy atom. The lowest BCUT2D eigenvalue weighted by atomic mass is 10.1. The molecule has 3 nitrogen and oxygen atoms in total. The molecule has 0 unspecified atom stereocenters. The molecular weight excluding hydrogens is 188 g/mol. The van der Waals surface area contributed by atoms with Crippen molar-refractivity contribution in [2.75, 3.05) is 0 Å². The summed E-state index contributed by atoms with van der Waals surface area (Å²) in [5, 5.41) is 1.10. The van der Waals surface area contributed by atoms with Crippen molar-refractivity contribution in [2.24, 2.45) is 5.73 Å². The van der Waals surface area contributed by atoms with Gasteiger partial charge in [-0.2, -0.15) is 0 Å². The fourth-order valence-electron chi connectivity index (χ4n) is 1.90. The number of hydrogen-bond donors (Lipinski definition) is 2. The summed E-state index contributed by atoms with van der Waals surface area (Å²) in [5.74, 6) is -0.294. The van der Waals surface area contributed by atoms with Crippen LogP contribution >= 0.6 is 0 Å². The number of fused-ring (bicyclic) bond motifs is 1. The van der Waals surface area contributed by atoms with E-state index in [0.29, 0.717) is 6.42 Å². The molecule has 1 amide bonds. The van der Waals surface area contributed by atoms with E-state index in [4.69, 9.17) is 5.73 Å². The molecule has 78 valence electrons. The quantitative estimate of drug-likeness (QED) is 0.782. The number of benzene rings is 1. The summed E-state index contributed by atoms with van der Waals surface area (Å²) in [5.41, 5.74) is 8.56. The Balaban J connectivity index is 2.55. The monoisotopic (exact) mass is 202 g/mol. The van der Waals surface area contributed by atoms with Crippen molar-refractivity contribution in [3.8, 4) is 0 Å². The van der Waals surface area contributed by atoms with Gasteiger partial charge in [0, 0.05) is 17.1 Å². The number of H-pyrrole nitrogens is 1. The van der Waals surface area contributed by atoms with Gasteiger partial charge in [-0.05, 0) is 17.5 Å². The number of aryl methyl sites for hydroxylation is 1. The Bertz CT molecular complexity index is 499. The first-order chi connectivity index (χ1) is 7.22. The lowest BCUT2D eigenvalue weighted by Gasteiger charge is -1.99. The van der Waals surface area contributed by atoms with Gasteiger partial charge in [-0.25, -0.2) is 0 Å². The second-order valence-electron chi connectivity index (χ2n) is 3.65. The van der Waals surface area contributed by atoms with E-state index in [1.54, 1.807) is 0 Å². The number of rotatable bonds is 3. The molecule has 0 aliphatic carbocycles. The Morgan fingerprint density at radius 1 is 1.40 bits per heavy atom. The zero-order valence-electron chi connectivity index (χ0n) is 8.71. The van der Waals surface area contributed by atoms with E-state index in [1.807, 2.05) is 18.3 Å². The molecule has 0 spiro atoms. The van der Waals surface area contributed by atoms with Crippen LogP contribution in [0.5, 0.6) is 0 Å².